The van der Waals surface area contributed by atoms with Crippen LogP contribution in [-0.4, -0.2) is 7.11 Å². The Morgan fingerprint density at radius 1 is 1.10 bits per heavy atom. The largest absolute Gasteiger partial charge is 0.497 e. The Hall–Kier alpha value is -1.32. The van der Waals surface area contributed by atoms with Crippen LogP contribution in [0, 0.1) is 0 Å². The van der Waals surface area contributed by atoms with Crippen LogP contribution in [0.25, 0.3) is 0 Å². The summed E-state index contributed by atoms with van der Waals surface area (Å²) in [7, 11) is 1.68. The molecule has 0 fully saturated rings. The van der Waals surface area contributed by atoms with Crippen LogP contribution in [0.15, 0.2) is 53.0 Å². The molecule has 0 aliphatic rings. The average Bonchev–Trinajstić information content (AvgIpc) is 2.46. The minimum absolute atomic E-state index is 0.347. The number of ether oxygens (including phenoxy) is 1. The van der Waals surface area contributed by atoms with Gasteiger partial charge in [0.15, 0.2) is 0 Å². The van der Waals surface area contributed by atoms with Gasteiger partial charge in [0, 0.05) is 10.0 Å². The van der Waals surface area contributed by atoms with Gasteiger partial charge < -0.3 is 10.5 Å². The summed E-state index contributed by atoms with van der Waals surface area (Å²) in [6, 6.07) is 16.3. The first-order valence-corrected chi connectivity index (χ1v) is 7.49. The maximum absolute atomic E-state index is 6.49. The maximum atomic E-state index is 6.49. The molecule has 0 saturated heterocycles. The van der Waals surface area contributed by atoms with Crippen LogP contribution < -0.4 is 10.5 Å². The summed E-state index contributed by atoms with van der Waals surface area (Å²) in [4.78, 5) is 0. The standard InChI is InChI=1S/C17H20BrNO/c1-17(19,15-5-3-4-6-16(15)18)12-11-13-7-9-14(20-2)10-8-13/h3-10H,11-12,19H2,1-2H3. The van der Waals surface area contributed by atoms with Gasteiger partial charge in [0.1, 0.15) is 5.75 Å². The van der Waals surface area contributed by atoms with Crippen LogP contribution >= 0.6 is 15.9 Å². The summed E-state index contributed by atoms with van der Waals surface area (Å²) < 4.78 is 6.24. The molecule has 0 bridgehead atoms. The van der Waals surface area contributed by atoms with Gasteiger partial charge in [-0.3, -0.25) is 0 Å². The molecule has 2 aromatic carbocycles. The van der Waals surface area contributed by atoms with Crippen molar-refractivity contribution in [1.29, 1.82) is 0 Å². The van der Waals surface area contributed by atoms with E-state index in [4.69, 9.17) is 10.5 Å². The average molecular weight is 334 g/mol. The fraction of sp³-hybridized carbons (Fsp3) is 0.294. The number of methoxy groups -OCH3 is 1. The lowest BCUT2D eigenvalue weighted by atomic mass is 9.87. The van der Waals surface area contributed by atoms with E-state index >= 15 is 0 Å². The van der Waals surface area contributed by atoms with Gasteiger partial charge in [0.25, 0.3) is 0 Å². The topological polar surface area (TPSA) is 35.2 Å². The lowest BCUT2D eigenvalue weighted by molar-refractivity contribution is 0.414. The molecular formula is C17H20BrNO. The van der Waals surface area contributed by atoms with Gasteiger partial charge >= 0.3 is 0 Å². The Bertz CT molecular complexity index is 563. The van der Waals surface area contributed by atoms with Crippen molar-refractivity contribution in [2.45, 2.75) is 25.3 Å². The van der Waals surface area contributed by atoms with E-state index in [0.717, 1.165) is 28.6 Å². The number of nitrogens with two attached hydrogens (primary N) is 1. The second-order valence-corrected chi connectivity index (χ2v) is 6.10. The zero-order valence-corrected chi connectivity index (χ0v) is 13.5. The van der Waals surface area contributed by atoms with Gasteiger partial charge in [-0.25, -0.2) is 0 Å². The van der Waals surface area contributed by atoms with Gasteiger partial charge in [-0.1, -0.05) is 46.3 Å². The van der Waals surface area contributed by atoms with Gasteiger partial charge in [-0.2, -0.15) is 0 Å². The summed E-state index contributed by atoms with van der Waals surface area (Å²) in [5.74, 6) is 0.884. The number of hydrogen-bond acceptors (Lipinski definition) is 2. The lowest BCUT2D eigenvalue weighted by Gasteiger charge is -2.26. The van der Waals surface area contributed by atoms with E-state index in [1.54, 1.807) is 7.11 Å². The fourth-order valence-corrected chi connectivity index (χ4v) is 2.99. The Labute approximate surface area is 129 Å². The predicted molar refractivity (Wildman–Crippen MR) is 87.0 cm³/mol. The molecule has 0 heterocycles. The summed E-state index contributed by atoms with van der Waals surface area (Å²) in [5, 5.41) is 0. The molecule has 0 spiro atoms. The Balaban J connectivity index is 2.07. The van der Waals surface area contributed by atoms with E-state index < -0.39 is 0 Å². The molecule has 0 aliphatic carbocycles. The first-order chi connectivity index (χ1) is 9.53. The van der Waals surface area contributed by atoms with E-state index in [-0.39, 0.29) is 5.54 Å². The SMILES string of the molecule is COc1ccc(CCC(C)(N)c2ccccc2Br)cc1. The van der Waals surface area contributed by atoms with Crippen molar-refractivity contribution in [2.75, 3.05) is 7.11 Å². The number of rotatable bonds is 5. The second-order valence-electron chi connectivity index (χ2n) is 5.25. The predicted octanol–water partition coefficient (Wildman–Crippen LogP) is 4.26. The fourth-order valence-electron chi connectivity index (χ4n) is 2.26. The minimum Gasteiger partial charge on any atom is -0.497 e. The molecule has 1 unspecified atom stereocenters. The highest BCUT2D eigenvalue weighted by atomic mass is 79.9. The van der Waals surface area contributed by atoms with Gasteiger partial charge in [-0.15, -0.1) is 0 Å². The number of hydrogen-bond donors (Lipinski definition) is 1. The van der Waals surface area contributed by atoms with Gasteiger partial charge in [0.05, 0.1) is 7.11 Å². The molecule has 2 aromatic rings. The molecule has 20 heavy (non-hydrogen) atoms. The molecule has 106 valence electrons. The molecule has 1 atom stereocenters. The van der Waals surface area contributed by atoms with Crippen molar-refractivity contribution in [2.24, 2.45) is 5.73 Å². The van der Waals surface area contributed by atoms with Crippen molar-refractivity contribution in [3.8, 4) is 5.75 Å². The van der Waals surface area contributed by atoms with Crippen molar-refractivity contribution in [3.63, 3.8) is 0 Å². The van der Waals surface area contributed by atoms with Crippen molar-refractivity contribution in [1.82, 2.24) is 0 Å². The first kappa shape index (κ1) is 15.1. The van der Waals surface area contributed by atoms with Gasteiger partial charge in [-0.05, 0) is 49.1 Å². The molecule has 0 aromatic heterocycles. The summed E-state index contributed by atoms with van der Waals surface area (Å²) in [6.45, 7) is 2.08. The van der Waals surface area contributed by atoms with Crippen molar-refractivity contribution < 1.29 is 4.74 Å². The molecule has 0 saturated carbocycles. The normalized spacial score (nSPS) is 13.8. The monoisotopic (exact) mass is 333 g/mol. The Morgan fingerprint density at radius 2 is 1.75 bits per heavy atom. The molecule has 0 amide bonds. The highest BCUT2D eigenvalue weighted by Crippen LogP contribution is 2.30. The maximum Gasteiger partial charge on any atom is 0.118 e. The Kier molecular flexibility index (Phi) is 4.84. The second kappa shape index (κ2) is 6.42. The molecule has 0 aliphatic heterocycles. The molecule has 2 N–H and O–H groups in total. The Morgan fingerprint density at radius 3 is 2.35 bits per heavy atom. The van der Waals surface area contributed by atoms with E-state index in [1.165, 1.54) is 5.56 Å². The van der Waals surface area contributed by atoms with Crippen LogP contribution in [0.5, 0.6) is 5.75 Å². The van der Waals surface area contributed by atoms with Crippen LogP contribution in [0.1, 0.15) is 24.5 Å². The summed E-state index contributed by atoms with van der Waals surface area (Å²) >= 11 is 3.58. The van der Waals surface area contributed by atoms with E-state index in [0.29, 0.717) is 0 Å². The van der Waals surface area contributed by atoms with E-state index in [1.807, 2.05) is 30.3 Å². The van der Waals surface area contributed by atoms with E-state index in [9.17, 15) is 0 Å². The number of halogens is 1. The minimum atomic E-state index is -0.347. The third kappa shape index (κ3) is 3.62. The van der Waals surface area contributed by atoms with Crippen LogP contribution in [0.4, 0.5) is 0 Å². The smallest absolute Gasteiger partial charge is 0.118 e. The molecule has 3 heteroatoms. The quantitative estimate of drug-likeness (QED) is 0.886. The van der Waals surface area contributed by atoms with Gasteiger partial charge in [0.2, 0.25) is 0 Å². The zero-order chi connectivity index (χ0) is 14.6. The third-order valence-corrected chi connectivity index (χ3v) is 4.27. The zero-order valence-electron chi connectivity index (χ0n) is 11.9. The molecule has 2 rings (SSSR count). The lowest BCUT2D eigenvalue weighted by Crippen LogP contribution is -2.33. The number of aryl methyl sites for hydroxylation is 1. The highest BCUT2D eigenvalue weighted by Gasteiger charge is 2.22. The molecule has 2 nitrogen and oxygen atoms in total. The van der Waals surface area contributed by atoms with Crippen LogP contribution in [0.3, 0.4) is 0 Å². The summed E-state index contributed by atoms with van der Waals surface area (Å²) in [6.07, 6.45) is 1.83. The number of benzene rings is 2. The highest BCUT2D eigenvalue weighted by molar-refractivity contribution is 9.10. The first-order valence-electron chi connectivity index (χ1n) is 6.70. The third-order valence-electron chi connectivity index (χ3n) is 3.58. The van der Waals surface area contributed by atoms with Crippen LogP contribution in [0.2, 0.25) is 0 Å². The van der Waals surface area contributed by atoms with E-state index in [2.05, 4.69) is 41.1 Å². The summed E-state index contributed by atoms with van der Waals surface area (Å²) in [5.41, 5.74) is 8.56. The van der Waals surface area contributed by atoms with Crippen LogP contribution in [-0.2, 0) is 12.0 Å². The molecule has 0 radical (unpaired) electrons. The van der Waals surface area contributed by atoms with Crippen molar-refractivity contribution >= 4 is 15.9 Å². The van der Waals surface area contributed by atoms with Crippen molar-refractivity contribution in [3.05, 3.63) is 64.1 Å². The molecular weight excluding hydrogens is 314 g/mol.